The summed E-state index contributed by atoms with van der Waals surface area (Å²) < 4.78 is 11.0. The maximum absolute atomic E-state index is 12.6. The molecule has 1 fully saturated rings. The first-order valence-corrected chi connectivity index (χ1v) is 10.6. The number of benzene rings is 2. The van der Waals surface area contributed by atoms with Gasteiger partial charge in [0.25, 0.3) is 5.91 Å². The van der Waals surface area contributed by atoms with Crippen LogP contribution in [0.5, 0.6) is 11.5 Å². The maximum Gasteiger partial charge on any atom is 0.261 e. The van der Waals surface area contributed by atoms with Gasteiger partial charge in [0.2, 0.25) is 0 Å². The number of nitrogens with zero attached hydrogens (tertiary/aromatic N) is 1. The standard InChI is InChI=1S/C24H32N2O3/c1-3-23(29-22-12-10-21(28-2)11-13-22)24(27)25-17-19-8-7-9-20(16-19)18-26-14-5-4-6-15-26/h7-13,16,23H,3-6,14-15,17-18H2,1-2H3,(H,25,27)/t23-/m0/s1. The second-order valence-corrected chi connectivity index (χ2v) is 7.56. The summed E-state index contributed by atoms with van der Waals surface area (Å²) in [5.74, 6) is 1.33. The summed E-state index contributed by atoms with van der Waals surface area (Å²) in [6.07, 6.45) is 4.03. The molecule has 156 valence electrons. The molecule has 5 nitrogen and oxygen atoms in total. The number of hydrogen-bond acceptors (Lipinski definition) is 4. The van der Waals surface area contributed by atoms with E-state index in [9.17, 15) is 4.79 Å². The van der Waals surface area contributed by atoms with Crippen LogP contribution in [-0.4, -0.2) is 37.1 Å². The highest BCUT2D eigenvalue weighted by atomic mass is 16.5. The smallest absolute Gasteiger partial charge is 0.261 e. The number of nitrogens with one attached hydrogen (secondary N) is 1. The molecule has 1 N–H and O–H groups in total. The minimum absolute atomic E-state index is 0.0928. The molecule has 5 heteroatoms. The molecule has 2 aromatic rings. The molecule has 0 radical (unpaired) electrons. The van der Waals surface area contributed by atoms with Gasteiger partial charge in [-0.05, 0) is 67.7 Å². The molecule has 1 aliphatic rings. The monoisotopic (exact) mass is 396 g/mol. The first kappa shape index (κ1) is 21.2. The SMILES string of the molecule is CC[C@H](Oc1ccc(OC)cc1)C(=O)NCc1cccc(CN2CCCCC2)c1. The van der Waals surface area contributed by atoms with E-state index in [0.717, 1.165) is 17.9 Å². The molecule has 29 heavy (non-hydrogen) atoms. The van der Waals surface area contributed by atoms with Gasteiger partial charge in [0, 0.05) is 13.1 Å². The number of methoxy groups -OCH3 is 1. The van der Waals surface area contributed by atoms with E-state index in [1.54, 1.807) is 7.11 Å². The van der Waals surface area contributed by atoms with Gasteiger partial charge < -0.3 is 14.8 Å². The van der Waals surface area contributed by atoms with E-state index in [4.69, 9.17) is 9.47 Å². The van der Waals surface area contributed by atoms with Crippen molar-refractivity contribution in [3.05, 3.63) is 59.7 Å². The number of rotatable bonds is 9. The third kappa shape index (κ3) is 6.50. The Kier molecular flexibility index (Phi) is 7.94. The lowest BCUT2D eigenvalue weighted by Crippen LogP contribution is -2.37. The summed E-state index contributed by atoms with van der Waals surface area (Å²) in [6.45, 7) is 5.81. The summed E-state index contributed by atoms with van der Waals surface area (Å²) in [7, 11) is 1.62. The van der Waals surface area contributed by atoms with Gasteiger partial charge in [-0.25, -0.2) is 0 Å². The zero-order chi connectivity index (χ0) is 20.5. The molecule has 0 spiro atoms. The fourth-order valence-electron chi connectivity index (χ4n) is 3.66. The Bertz CT molecular complexity index is 770. The Morgan fingerprint density at radius 3 is 2.41 bits per heavy atom. The molecule has 3 rings (SSSR count). The summed E-state index contributed by atoms with van der Waals surface area (Å²) in [5, 5.41) is 3.02. The van der Waals surface area contributed by atoms with Gasteiger partial charge in [0.15, 0.2) is 6.10 Å². The number of hydrogen-bond donors (Lipinski definition) is 1. The highest BCUT2D eigenvalue weighted by molar-refractivity contribution is 5.81. The lowest BCUT2D eigenvalue weighted by Gasteiger charge is -2.26. The van der Waals surface area contributed by atoms with Crippen LogP contribution in [0.4, 0.5) is 0 Å². The van der Waals surface area contributed by atoms with Gasteiger partial charge in [-0.2, -0.15) is 0 Å². The van der Waals surface area contributed by atoms with Crippen LogP contribution in [0.3, 0.4) is 0 Å². The molecular weight excluding hydrogens is 364 g/mol. The third-order valence-electron chi connectivity index (χ3n) is 5.31. The number of piperidine rings is 1. The van der Waals surface area contributed by atoms with Crippen LogP contribution in [0.2, 0.25) is 0 Å². The summed E-state index contributed by atoms with van der Waals surface area (Å²) >= 11 is 0. The molecule has 0 aliphatic carbocycles. The molecule has 0 bridgehead atoms. The first-order chi connectivity index (χ1) is 14.2. The summed E-state index contributed by atoms with van der Waals surface area (Å²) in [6, 6.07) is 15.8. The lowest BCUT2D eigenvalue weighted by molar-refractivity contribution is -0.128. The van der Waals surface area contributed by atoms with Gasteiger partial charge in [0.1, 0.15) is 11.5 Å². The van der Waals surface area contributed by atoms with E-state index in [0.29, 0.717) is 18.7 Å². The lowest BCUT2D eigenvalue weighted by atomic mass is 10.1. The van der Waals surface area contributed by atoms with Crippen LogP contribution in [0.1, 0.15) is 43.7 Å². The average molecular weight is 397 g/mol. The van der Waals surface area contributed by atoms with Crippen LogP contribution < -0.4 is 14.8 Å². The van der Waals surface area contributed by atoms with E-state index < -0.39 is 6.10 Å². The Morgan fingerprint density at radius 2 is 1.72 bits per heavy atom. The largest absolute Gasteiger partial charge is 0.497 e. The van der Waals surface area contributed by atoms with Crippen molar-refractivity contribution in [3.8, 4) is 11.5 Å². The second kappa shape index (κ2) is 10.9. The zero-order valence-corrected chi connectivity index (χ0v) is 17.5. The molecule has 1 saturated heterocycles. The molecule has 2 aromatic carbocycles. The highest BCUT2D eigenvalue weighted by Gasteiger charge is 2.18. The Hall–Kier alpha value is -2.53. The number of carbonyl (C=O) groups excluding carboxylic acids is 1. The number of ether oxygens (including phenoxy) is 2. The Labute approximate surface area is 174 Å². The van der Waals surface area contributed by atoms with Crippen LogP contribution in [0.15, 0.2) is 48.5 Å². The topological polar surface area (TPSA) is 50.8 Å². The third-order valence-corrected chi connectivity index (χ3v) is 5.31. The number of amides is 1. The summed E-state index contributed by atoms with van der Waals surface area (Å²) in [5.41, 5.74) is 2.42. The quantitative estimate of drug-likeness (QED) is 0.692. The van der Waals surface area contributed by atoms with Crippen molar-refractivity contribution in [2.75, 3.05) is 20.2 Å². The van der Waals surface area contributed by atoms with Gasteiger partial charge in [0.05, 0.1) is 7.11 Å². The maximum atomic E-state index is 12.6. The zero-order valence-electron chi connectivity index (χ0n) is 17.5. The molecule has 1 atom stereocenters. The fourth-order valence-corrected chi connectivity index (χ4v) is 3.66. The van der Waals surface area contributed by atoms with Gasteiger partial charge in [-0.15, -0.1) is 0 Å². The average Bonchev–Trinajstić information content (AvgIpc) is 2.77. The Morgan fingerprint density at radius 1 is 1.03 bits per heavy atom. The Balaban J connectivity index is 1.52. The molecule has 1 amide bonds. The van der Waals surface area contributed by atoms with Gasteiger partial charge in [-0.3, -0.25) is 9.69 Å². The number of likely N-dealkylation sites (tertiary alicyclic amines) is 1. The van der Waals surface area contributed by atoms with Crippen LogP contribution in [-0.2, 0) is 17.9 Å². The van der Waals surface area contributed by atoms with Crippen LogP contribution in [0.25, 0.3) is 0 Å². The molecule has 1 aliphatic heterocycles. The minimum Gasteiger partial charge on any atom is -0.497 e. The van der Waals surface area contributed by atoms with Crippen LogP contribution >= 0.6 is 0 Å². The number of carbonyl (C=O) groups is 1. The van der Waals surface area contributed by atoms with E-state index in [1.807, 2.05) is 31.2 Å². The molecule has 1 heterocycles. The van der Waals surface area contributed by atoms with E-state index in [2.05, 4.69) is 34.5 Å². The molecule has 0 aromatic heterocycles. The predicted octanol–water partition coefficient (Wildman–Crippen LogP) is 4.15. The molecular formula is C24H32N2O3. The van der Waals surface area contributed by atoms with Gasteiger partial charge >= 0.3 is 0 Å². The van der Waals surface area contributed by atoms with Crippen LogP contribution in [0, 0.1) is 0 Å². The van der Waals surface area contributed by atoms with E-state index >= 15 is 0 Å². The highest BCUT2D eigenvalue weighted by Crippen LogP contribution is 2.19. The van der Waals surface area contributed by atoms with Crippen molar-refractivity contribution in [1.29, 1.82) is 0 Å². The first-order valence-electron chi connectivity index (χ1n) is 10.6. The van der Waals surface area contributed by atoms with E-state index in [-0.39, 0.29) is 5.91 Å². The van der Waals surface area contributed by atoms with Crippen molar-refractivity contribution in [2.24, 2.45) is 0 Å². The van der Waals surface area contributed by atoms with Crippen molar-refractivity contribution < 1.29 is 14.3 Å². The minimum atomic E-state index is -0.514. The summed E-state index contributed by atoms with van der Waals surface area (Å²) in [4.78, 5) is 15.1. The van der Waals surface area contributed by atoms with Crippen molar-refractivity contribution in [3.63, 3.8) is 0 Å². The molecule has 0 saturated carbocycles. The second-order valence-electron chi connectivity index (χ2n) is 7.56. The molecule has 0 unspecified atom stereocenters. The van der Waals surface area contributed by atoms with Crippen molar-refractivity contribution >= 4 is 5.91 Å². The van der Waals surface area contributed by atoms with Gasteiger partial charge in [-0.1, -0.05) is 37.6 Å². The predicted molar refractivity (Wildman–Crippen MR) is 115 cm³/mol. The fraction of sp³-hybridized carbons (Fsp3) is 0.458. The normalized spacial score (nSPS) is 15.5. The van der Waals surface area contributed by atoms with Crippen molar-refractivity contribution in [1.82, 2.24) is 10.2 Å². The van der Waals surface area contributed by atoms with Crippen molar-refractivity contribution in [2.45, 2.75) is 51.8 Å². The van der Waals surface area contributed by atoms with E-state index in [1.165, 1.54) is 37.9 Å².